The van der Waals surface area contributed by atoms with Gasteiger partial charge in [-0.2, -0.15) is 79.0 Å². The van der Waals surface area contributed by atoms with Crippen LogP contribution in [0.4, 0.5) is 106 Å². The second-order valence-corrected chi connectivity index (χ2v) is 9.66. The van der Waals surface area contributed by atoms with Crippen molar-refractivity contribution < 1.29 is 106 Å². The topological polar surface area (TPSA) is 0 Å². The lowest BCUT2D eigenvalue weighted by molar-refractivity contribution is -0.271. The third-order valence-electron chi connectivity index (χ3n) is 2.67. The molecule has 0 aliphatic heterocycles. The van der Waals surface area contributed by atoms with E-state index in [2.05, 4.69) is 87.8 Å². The Morgan fingerprint density at radius 1 is 0.434 bits per heavy atom. The SMILES string of the molecule is C=C(F)C(F)(F)Cl.C=C(F)C(F)(F)F.C=C(F)C(F)(F)F.CC.CCl.F.FC(F)(Cl)C(F)(Cl)CCl.FC(F)(F)C(F)(Cl)CCl.FC(F)(F)C(F)(F)CCl. The number of alkyl halides is 28. The molecule has 32 heteroatoms. The molecule has 0 bridgehead atoms. The average Bonchev–Trinajstić information content (AvgIpc) is 2.93. The fourth-order valence-corrected chi connectivity index (χ4v) is 0.833. The van der Waals surface area contributed by atoms with Crippen molar-refractivity contribution >= 4 is 92.8 Å². The van der Waals surface area contributed by atoms with Crippen LogP contribution >= 0.6 is 92.8 Å². The van der Waals surface area contributed by atoms with Gasteiger partial charge in [0.25, 0.3) is 10.3 Å². The van der Waals surface area contributed by atoms with Gasteiger partial charge in [-0.3, -0.25) is 4.70 Å². The monoisotopic (exact) mass is 1010 g/mol. The van der Waals surface area contributed by atoms with Crippen LogP contribution in [0.25, 0.3) is 0 Å². The predicted octanol–water partition coefficient (Wildman–Crippen LogP) is 16.5. The fraction of sp³-hybridized carbons (Fsp3) is 0.714. The summed E-state index contributed by atoms with van der Waals surface area (Å²) in [7, 11) is 0. The molecule has 0 aliphatic carbocycles. The van der Waals surface area contributed by atoms with Gasteiger partial charge in [0.15, 0.2) is 17.5 Å². The summed E-state index contributed by atoms with van der Waals surface area (Å²) in [4.78, 5) is 0. The molecule has 0 aromatic heterocycles. The number of halogens is 32. The first-order valence-electron chi connectivity index (χ1n) is 10.9. The van der Waals surface area contributed by atoms with E-state index in [1.54, 1.807) is 0 Å². The van der Waals surface area contributed by atoms with Gasteiger partial charge in [0.05, 0.1) is 17.6 Å². The van der Waals surface area contributed by atoms with E-state index in [1.165, 1.54) is 6.38 Å². The summed E-state index contributed by atoms with van der Waals surface area (Å²) in [5, 5.41) is -15.1. The second kappa shape index (κ2) is 30.9. The normalized spacial score (nSPS) is 13.7. The van der Waals surface area contributed by atoms with E-state index in [1.807, 2.05) is 27.0 Å². The van der Waals surface area contributed by atoms with E-state index in [0.717, 1.165) is 0 Å². The van der Waals surface area contributed by atoms with Crippen LogP contribution in [0.2, 0.25) is 0 Å². The zero-order valence-corrected chi connectivity index (χ0v) is 31.4. The molecule has 0 saturated carbocycles. The summed E-state index contributed by atoms with van der Waals surface area (Å²) in [6, 6.07) is 0. The molecular weight excluding hydrogens is 992 g/mol. The molecule has 0 rings (SSSR count). The van der Waals surface area contributed by atoms with Crippen LogP contribution < -0.4 is 0 Å². The lowest BCUT2D eigenvalue weighted by Gasteiger charge is -2.18. The van der Waals surface area contributed by atoms with Crippen molar-refractivity contribution in [3.63, 3.8) is 0 Å². The van der Waals surface area contributed by atoms with Gasteiger partial charge in [-0.15, -0.1) is 46.4 Å². The lowest BCUT2D eigenvalue weighted by Crippen LogP contribution is -2.37. The maximum Gasteiger partial charge on any atom is 0.454 e. The fourth-order valence-electron chi connectivity index (χ4n) is 0.227. The number of hydrogen-bond acceptors (Lipinski definition) is 0. The van der Waals surface area contributed by atoms with Crippen molar-refractivity contribution in [3.8, 4) is 0 Å². The maximum atomic E-state index is 12.1. The van der Waals surface area contributed by atoms with E-state index < -0.39 is 86.8 Å². The third kappa shape index (κ3) is 44.4. The summed E-state index contributed by atoms with van der Waals surface area (Å²) in [5.41, 5.74) is 0. The summed E-state index contributed by atoms with van der Waals surface area (Å²) in [6.45, 7) is 10.3. The van der Waals surface area contributed by atoms with Gasteiger partial charge in [-0.05, 0) is 23.2 Å². The largest absolute Gasteiger partial charge is 0.454 e. The minimum absolute atomic E-state index is 0. The maximum absolute atomic E-state index is 12.1. The Hall–Kier alpha value is -0.140. The molecule has 2 atom stereocenters. The molecule has 0 nitrogen and oxygen atoms in total. The van der Waals surface area contributed by atoms with Gasteiger partial charge in [0.2, 0.25) is 0 Å². The van der Waals surface area contributed by atoms with Crippen LogP contribution in [-0.4, -0.2) is 75.7 Å². The number of allylic oxidation sites excluding steroid dienone is 3. The first kappa shape index (κ1) is 73.9. The van der Waals surface area contributed by atoms with Crippen LogP contribution in [0.15, 0.2) is 37.2 Å². The zero-order chi connectivity index (χ0) is 45.4. The van der Waals surface area contributed by atoms with Gasteiger partial charge in [-0.1, -0.05) is 56.8 Å². The van der Waals surface area contributed by atoms with Crippen molar-refractivity contribution in [2.75, 3.05) is 24.0 Å². The van der Waals surface area contributed by atoms with Gasteiger partial charge < -0.3 is 0 Å². The summed E-state index contributed by atoms with van der Waals surface area (Å²) in [6.07, 6.45) is -18.9. The quantitative estimate of drug-likeness (QED) is 0.190. The molecule has 0 fully saturated rings. The molecule has 2 unspecified atom stereocenters. The highest BCUT2D eigenvalue weighted by Gasteiger charge is 2.57. The van der Waals surface area contributed by atoms with E-state index in [0.29, 0.717) is 0 Å². The molecule has 0 aromatic carbocycles. The first-order valence-corrected chi connectivity index (χ1v) is 14.8. The van der Waals surface area contributed by atoms with Crippen molar-refractivity contribution in [3.05, 3.63) is 37.2 Å². The van der Waals surface area contributed by atoms with Crippen molar-refractivity contribution in [1.29, 1.82) is 0 Å². The minimum Gasteiger partial charge on any atom is -0.269 e. The summed E-state index contributed by atoms with van der Waals surface area (Å²) < 4.78 is 256. The lowest BCUT2D eigenvalue weighted by atomic mass is 10.4. The highest BCUT2D eigenvalue weighted by atomic mass is 35.5. The van der Waals surface area contributed by atoms with Crippen LogP contribution in [0.1, 0.15) is 13.8 Å². The number of rotatable bonds is 5. The number of hydrogen-bond donors (Lipinski definition) is 0. The molecule has 53 heavy (non-hydrogen) atoms. The van der Waals surface area contributed by atoms with E-state index in [9.17, 15) is 101 Å². The van der Waals surface area contributed by atoms with Gasteiger partial charge >= 0.3 is 41.4 Å². The second-order valence-electron chi connectivity index (χ2n) is 6.72. The Kier molecular flexibility index (Phi) is 43.1. The van der Waals surface area contributed by atoms with Crippen LogP contribution in [0.3, 0.4) is 0 Å². The van der Waals surface area contributed by atoms with Gasteiger partial charge in [-0.25, -0.2) is 22.0 Å². The smallest absolute Gasteiger partial charge is 0.269 e. The molecule has 0 aliphatic rings. The standard InChI is InChI=1S/C3H2Cl3F3.C3H2Cl2F4.C3H2ClF5.C3H2ClF3.2C3H2F4.C2H6.CH3Cl.FH/c4-1-2(5,7)3(6,8)9;2*4-1-2(5,6)3(7,8)9;1-2(5)3(4,6)7;2*1-2(4)3(5,6)7;2*1-2;/h3*1H2;3*1H2;1-2H3;1H3;1H. The molecule has 330 valence electrons. The highest BCUT2D eigenvalue weighted by Crippen LogP contribution is 2.40. The average molecular weight is 1010 g/mol. The Morgan fingerprint density at radius 2 is 0.623 bits per heavy atom. The van der Waals surface area contributed by atoms with Crippen LogP contribution in [-0.2, 0) is 0 Å². The molecular formula is C21H22Cl8F24. The third-order valence-corrected chi connectivity index (χ3v) is 5.34. The zero-order valence-electron chi connectivity index (χ0n) is 25.4. The molecule has 0 spiro atoms. The van der Waals surface area contributed by atoms with E-state index in [-0.39, 0.29) is 4.70 Å². The Labute approximate surface area is 324 Å². The van der Waals surface area contributed by atoms with Gasteiger partial charge in [0, 0.05) is 6.38 Å². The Bertz CT molecular complexity index is 812. The van der Waals surface area contributed by atoms with Crippen LogP contribution in [0.5, 0.6) is 0 Å². The van der Waals surface area contributed by atoms with Crippen molar-refractivity contribution in [2.45, 2.75) is 65.5 Å². The van der Waals surface area contributed by atoms with Crippen molar-refractivity contribution in [2.24, 2.45) is 0 Å². The Balaban J connectivity index is -0.0000000613. The van der Waals surface area contributed by atoms with E-state index in [4.69, 9.17) is 11.6 Å². The van der Waals surface area contributed by atoms with Crippen molar-refractivity contribution in [1.82, 2.24) is 0 Å². The molecule has 0 aromatic rings. The molecule has 0 N–H and O–H groups in total. The molecule has 0 amide bonds. The minimum atomic E-state index is -5.52. The first-order chi connectivity index (χ1) is 22.3. The van der Waals surface area contributed by atoms with Gasteiger partial charge in [0.1, 0.15) is 0 Å². The van der Waals surface area contributed by atoms with Crippen LogP contribution in [0, 0.1) is 0 Å². The summed E-state index contributed by atoms with van der Waals surface area (Å²) in [5.74, 6) is -15.2. The highest BCUT2D eigenvalue weighted by molar-refractivity contribution is 6.36. The predicted molar refractivity (Wildman–Crippen MR) is 159 cm³/mol. The Morgan fingerprint density at radius 3 is 0.623 bits per heavy atom. The molecule has 0 heterocycles. The van der Waals surface area contributed by atoms with E-state index >= 15 is 0 Å². The molecule has 0 radical (unpaired) electrons. The summed E-state index contributed by atoms with van der Waals surface area (Å²) >= 11 is 35.3. The molecule has 0 saturated heterocycles.